The van der Waals surface area contributed by atoms with Crippen LogP contribution in [0.1, 0.15) is 48.9 Å². The minimum absolute atomic E-state index is 0.0235. The molecule has 4 rings (SSSR count). The summed E-state index contributed by atoms with van der Waals surface area (Å²) in [7, 11) is 0. The van der Waals surface area contributed by atoms with Gasteiger partial charge in [-0.2, -0.15) is 0 Å². The normalized spacial score (nSPS) is 13.6. The molecule has 6 heteroatoms. The molecule has 2 amide bonds. The fraction of sp³-hybridized carbons (Fsp3) is 0.355. The van der Waals surface area contributed by atoms with Crippen molar-refractivity contribution in [3.63, 3.8) is 0 Å². The van der Waals surface area contributed by atoms with Gasteiger partial charge in [0.1, 0.15) is 6.04 Å². The first kappa shape index (κ1) is 26.3. The van der Waals surface area contributed by atoms with Crippen molar-refractivity contribution in [3.8, 4) is 11.5 Å². The third-order valence-corrected chi connectivity index (χ3v) is 6.77. The molecule has 0 bridgehead atoms. The summed E-state index contributed by atoms with van der Waals surface area (Å²) in [6.07, 6.45) is 2.10. The van der Waals surface area contributed by atoms with Crippen LogP contribution in [0.5, 0.6) is 11.5 Å². The van der Waals surface area contributed by atoms with Gasteiger partial charge in [0.25, 0.3) is 0 Å². The Morgan fingerprint density at radius 1 is 0.919 bits per heavy atom. The molecule has 0 aliphatic carbocycles. The molecule has 1 N–H and O–H groups in total. The monoisotopic (exact) mass is 500 g/mol. The standard InChI is InChI=1S/C31H36N2O4/c1-4-23(3)32-31(35)27(18-24-10-6-5-7-11-24)33(20-26-12-8-9-22(2)17-26)30(34)16-14-25-13-15-28-29(19-25)37-21-36-28/h5-13,15,17,19,23,27H,4,14,16,18,20-21H2,1-3H3,(H,32,35). The highest BCUT2D eigenvalue weighted by Gasteiger charge is 2.31. The van der Waals surface area contributed by atoms with E-state index in [0.29, 0.717) is 25.1 Å². The Bertz CT molecular complexity index is 1210. The van der Waals surface area contributed by atoms with Crippen molar-refractivity contribution < 1.29 is 19.1 Å². The van der Waals surface area contributed by atoms with E-state index in [-0.39, 0.29) is 31.1 Å². The molecule has 0 fully saturated rings. The SMILES string of the molecule is CCC(C)NC(=O)C(Cc1ccccc1)N(Cc1cccc(C)c1)C(=O)CCc1ccc2c(c1)OCO2. The van der Waals surface area contributed by atoms with Gasteiger partial charge in [0, 0.05) is 25.4 Å². The summed E-state index contributed by atoms with van der Waals surface area (Å²) in [5.41, 5.74) is 4.14. The molecule has 0 spiro atoms. The zero-order chi connectivity index (χ0) is 26.2. The third kappa shape index (κ3) is 7.13. The molecule has 3 aromatic carbocycles. The first-order valence-electron chi connectivity index (χ1n) is 13.0. The molecular weight excluding hydrogens is 464 g/mol. The van der Waals surface area contributed by atoms with Gasteiger partial charge in [-0.3, -0.25) is 9.59 Å². The first-order chi connectivity index (χ1) is 17.9. The van der Waals surface area contributed by atoms with Gasteiger partial charge in [-0.1, -0.05) is 73.2 Å². The predicted molar refractivity (Wildman–Crippen MR) is 144 cm³/mol. The van der Waals surface area contributed by atoms with E-state index in [2.05, 4.69) is 11.4 Å². The molecule has 1 aliphatic heterocycles. The quantitative estimate of drug-likeness (QED) is 0.392. The van der Waals surface area contributed by atoms with E-state index in [4.69, 9.17) is 9.47 Å². The zero-order valence-corrected chi connectivity index (χ0v) is 21.9. The van der Waals surface area contributed by atoms with Gasteiger partial charge in [0.05, 0.1) is 0 Å². The summed E-state index contributed by atoms with van der Waals surface area (Å²) in [6, 6.07) is 23.2. The number of ether oxygens (including phenoxy) is 2. The lowest BCUT2D eigenvalue weighted by molar-refractivity contribution is -0.141. The van der Waals surface area contributed by atoms with Crippen molar-refractivity contribution in [1.82, 2.24) is 10.2 Å². The molecule has 2 unspecified atom stereocenters. The number of carbonyl (C=O) groups is 2. The number of aryl methyl sites for hydroxylation is 2. The molecule has 1 aliphatic rings. The van der Waals surface area contributed by atoms with Crippen LogP contribution in [-0.2, 0) is 29.0 Å². The van der Waals surface area contributed by atoms with E-state index in [1.807, 2.05) is 87.5 Å². The summed E-state index contributed by atoms with van der Waals surface area (Å²) < 4.78 is 10.9. The van der Waals surface area contributed by atoms with Crippen molar-refractivity contribution in [1.29, 1.82) is 0 Å². The van der Waals surface area contributed by atoms with Gasteiger partial charge >= 0.3 is 0 Å². The molecule has 37 heavy (non-hydrogen) atoms. The van der Waals surface area contributed by atoms with Crippen molar-refractivity contribution in [2.24, 2.45) is 0 Å². The number of nitrogens with one attached hydrogen (secondary N) is 1. The van der Waals surface area contributed by atoms with E-state index in [1.165, 1.54) is 0 Å². The smallest absolute Gasteiger partial charge is 0.243 e. The van der Waals surface area contributed by atoms with Crippen LogP contribution in [-0.4, -0.2) is 35.6 Å². The highest BCUT2D eigenvalue weighted by atomic mass is 16.7. The van der Waals surface area contributed by atoms with Gasteiger partial charge < -0.3 is 19.7 Å². The maximum Gasteiger partial charge on any atom is 0.243 e. The van der Waals surface area contributed by atoms with Crippen LogP contribution in [0.2, 0.25) is 0 Å². The average molecular weight is 501 g/mol. The van der Waals surface area contributed by atoms with Crippen molar-refractivity contribution in [2.45, 2.75) is 65.1 Å². The first-order valence-corrected chi connectivity index (χ1v) is 13.0. The Labute approximate surface area is 219 Å². The lowest BCUT2D eigenvalue weighted by Crippen LogP contribution is -2.52. The fourth-order valence-electron chi connectivity index (χ4n) is 4.49. The molecular formula is C31H36N2O4. The Kier molecular flexibility index (Phi) is 8.83. The molecule has 1 heterocycles. The van der Waals surface area contributed by atoms with E-state index >= 15 is 0 Å². The predicted octanol–water partition coefficient (Wildman–Crippen LogP) is 5.21. The molecule has 3 aromatic rings. The lowest BCUT2D eigenvalue weighted by Gasteiger charge is -2.32. The summed E-state index contributed by atoms with van der Waals surface area (Å²) in [5, 5.41) is 3.12. The maximum atomic E-state index is 13.8. The number of hydrogen-bond acceptors (Lipinski definition) is 4. The second-order valence-corrected chi connectivity index (χ2v) is 9.72. The lowest BCUT2D eigenvalue weighted by atomic mass is 10.0. The number of fused-ring (bicyclic) bond motifs is 1. The summed E-state index contributed by atoms with van der Waals surface area (Å²) in [4.78, 5) is 29.2. The molecule has 2 atom stereocenters. The molecule has 194 valence electrons. The number of hydrogen-bond donors (Lipinski definition) is 1. The van der Waals surface area contributed by atoms with Crippen LogP contribution >= 0.6 is 0 Å². The Balaban J connectivity index is 1.60. The van der Waals surface area contributed by atoms with Gasteiger partial charge in [-0.25, -0.2) is 0 Å². The van der Waals surface area contributed by atoms with Crippen LogP contribution in [0.25, 0.3) is 0 Å². The Morgan fingerprint density at radius 3 is 2.43 bits per heavy atom. The number of benzene rings is 3. The van der Waals surface area contributed by atoms with Crippen LogP contribution < -0.4 is 14.8 Å². The number of carbonyl (C=O) groups excluding carboxylic acids is 2. The minimum Gasteiger partial charge on any atom is -0.454 e. The summed E-state index contributed by atoms with van der Waals surface area (Å²) in [5.74, 6) is 1.25. The Morgan fingerprint density at radius 2 is 1.68 bits per heavy atom. The van der Waals surface area contributed by atoms with Crippen molar-refractivity contribution >= 4 is 11.8 Å². The van der Waals surface area contributed by atoms with Crippen LogP contribution in [0.4, 0.5) is 0 Å². The van der Waals surface area contributed by atoms with Gasteiger partial charge in [0.2, 0.25) is 18.6 Å². The van der Waals surface area contributed by atoms with E-state index < -0.39 is 6.04 Å². The Hall–Kier alpha value is -3.80. The molecule has 0 aromatic heterocycles. The minimum atomic E-state index is -0.624. The van der Waals surface area contributed by atoms with Gasteiger partial charge in [0.15, 0.2) is 11.5 Å². The van der Waals surface area contributed by atoms with Crippen LogP contribution in [0, 0.1) is 6.92 Å². The summed E-state index contributed by atoms with van der Waals surface area (Å²) in [6.45, 7) is 6.65. The highest BCUT2D eigenvalue weighted by molar-refractivity contribution is 5.88. The molecule has 0 radical (unpaired) electrons. The van der Waals surface area contributed by atoms with Crippen molar-refractivity contribution in [3.05, 3.63) is 95.1 Å². The van der Waals surface area contributed by atoms with Crippen molar-refractivity contribution in [2.75, 3.05) is 6.79 Å². The third-order valence-electron chi connectivity index (χ3n) is 6.77. The van der Waals surface area contributed by atoms with Crippen LogP contribution in [0.3, 0.4) is 0 Å². The zero-order valence-electron chi connectivity index (χ0n) is 21.9. The number of nitrogens with zero attached hydrogens (tertiary/aromatic N) is 1. The van der Waals surface area contributed by atoms with Gasteiger partial charge in [-0.05, 0) is 55.5 Å². The molecule has 0 saturated heterocycles. The molecule has 0 saturated carbocycles. The topological polar surface area (TPSA) is 67.9 Å². The summed E-state index contributed by atoms with van der Waals surface area (Å²) >= 11 is 0. The van der Waals surface area contributed by atoms with Gasteiger partial charge in [-0.15, -0.1) is 0 Å². The molecule has 6 nitrogen and oxygen atoms in total. The largest absolute Gasteiger partial charge is 0.454 e. The van der Waals surface area contributed by atoms with Crippen LogP contribution in [0.15, 0.2) is 72.8 Å². The second kappa shape index (κ2) is 12.4. The van der Waals surface area contributed by atoms with E-state index in [9.17, 15) is 9.59 Å². The number of rotatable bonds is 11. The second-order valence-electron chi connectivity index (χ2n) is 9.72. The highest BCUT2D eigenvalue weighted by Crippen LogP contribution is 2.33. The van der Waals surface area contributed by atoms with E-state index in [1.54, 1.807) is 4.90 Å². The average Bonchev–Trinajstić information content (AvgIpc) is 3.38. The number of amides is 2. The maximum absolute atomic E-state index is 13.8. The fourth-order valence-corrected chi connectivity index (χ4v) is 4.49. The van der Waals surface area contributed by atoms with E-state index in [0.717, 1.165) is 34.4 Å².